The molecule has 7 heteroatoms. The number of nitrogens with one attached hydrogen (secondary N) is 2. The number of amides is 1. The first-order valence-corrected chi connectivity index (χ1v) is 8.14. The van der Waals surface area contributed by atoms with Gasteiger partial charge in [-0.2, -0.15) is 0 Å². The minimum absolute atomic E-state index is 0.253. The summed E-state index contributed by atoms with van der Waals surface area (Å²) in [7, 11) is 1.62. The summed E-state index contributed by atoms with van der Waals surface area (Å²) in [5.74, 6) is -0.366. The maximum absolute atomic E-state index is 12.4. The molecule has 0 saturated carbocycles. The Morgan fingerprint density at radius 2 is 1.81 bits per heavy atom. The SMILES string of the molecule is COCc1cccc(CNC(=O)Cn2[nH]c(=O)c3ccccc3c2=O)c1. The number of nitrogens with zero attached hydrogens (tertiary/aromatic N) is 1. The number of H-pyrrole nitrogens is 1. The number of carbonyl (C=O) groups is 1. The van der Waals surface area contributed by atoms with Gasteiger partial charge in [-0.3, -0.25) is 19.5 Å². The van der Waals surface area contributed by atoms with Crippen LogP contribution in [0.4, 0.5) is 0 Å². The fourth-order valence-corrected chi connectivity index (χ4v) is 2.75. The van der Waals surface area contributed by atoms with E-state index in [-0.39, 0.29) is 17.8 Å². The molecule has 2 aromatic carbocycles. The Hall–Kier alpha value is -3.19. The highest BCUT2D eigenvalue weighted by molar-refractivity contribution is 5.81. The lowest BCUT2D eigenvalue weighted by Crippen LogP contribution is -2.36. The van der Waals surface area contributed by atoms with Gasteiger partial charge in [-0.05, 0) is 23.3 Å². The monoisotopic (exact) mass is 353 g/mol. The summed E-state index contributed by atoms with van der Waals surface area (Å²) in [5, 5.41) is 5.79. The first-order chi connectivity index (χ1) is 12.6. The van der Waals surface area contributed by atoms with Gasteiger partial charge in [-0.1, -0.05) is 36.4 Å². The van der Waals surface area contributed by atoms with Crippen molar-refractivity contribution in [2.45, 2.75) is 19.7 Å². The molecule has 0 unspecified atom stereocenters. The summed E-state index contributed by atoms with van der Waals surface area (Å²) in [4.78, 5) is 36.6. The summed E-state index contributed by atoms with van der Waals surface area (Å²) in [6, 6.07) is 14.2. The molecule has 1 heterocycles. The van der Waals surface area contributed by atoms with Crippen LogP contribution in [0.25, 0.3) is 10.8 Å². The van der Waals surface area contributed by atoms with E-state index < -0.39 is 11.1 Å². The maximum Gasteiger partial charge on any atom is 0.273 e. The molecule has 1 aromatic heterocycles. The van der Waals surface area contributed by atoms with Crippen molar-refractivity contribution >= 4 is 16.7 Å². The van der Waals surface area contributed by atoms with Gasteiger partial charge in [0.1, 0.15) is 6.54 Å². The van der Waals surface area contributed by atoms with Crippen LogP contribution in [-0.2, 0) is 29.2 Å². The molecule has 0 aliphatic rings. The summed E-state index contributed by atoms with van der Waals surface area (Å²) < 4.78 is 6.12. The number of hydrogen-bond donors (Lipinski definition) is 2. The first kappa shape index (κ1) is 17.6. The van der Waals surface area contributed by atoms with Crippen molar-refractivity contribution in [3.8, 4) is 0 Å². The minimum atomic E-state index is -0.405. The lowest BCUT2D eigenvalue weighted by Gasteiger charge is -2.09. The normalized spacial score (nSPS) is 10.8. The van der Waals surface area contributed by atoms with Crippen LogP contribution in [0, 0.1) is 0 Å². The molecule has 0 radical (unpaired) electrons. The molecule has 26 heavy (non-hydrogen) atoms. The Morgan fingerprint density at radius 1 is 1.08 bits per heavy atom. The highest BCUT2D eigenvalue weighted by Gasteiger charge is 2.10. The van der Waals surface area contributed by atoms with Gasteiger partial charge in [0, 0.05) is 13.7 Å². The second-order valence-electron chi connectivity index (χ2n) is 5.91. The van der Waals surface area contributed by atoms with Crippen LogP contribution < -0.4 is 16.4 Å². The van der Waals surface area contributed by atoms with E-state index >= 15 is 0 Å². The van der Waals surface area contributed by atoms with Gasteiger partial charge >= 0.3 is 0 Å². The molecule has 1 amide bonds. The van der Waals surface area contributed by atoms with Crippen molar-refractivity contribution in [2.24, 2.45) is 0 Å². The zero-order valence-electron chi connectivity index (χ0n) is 14.3. The molecule has 0 fully saturated rings. The van der Waals surface area contributed by atoms with Gasteiger partial charge < -0.3 is 10.1 Å². The van der Waals surface area contributed by atoms with Crippen molar-refractivity contribution in [3.63, 3.8) is 0 Å². The van der Waals surface area contributed by atoms with Gasteiger partial charge in [0.25, 0.3) is 11.1 Å². The highest BCUT2D eigenvalue weighted by atomic mass is 16.5. The number of fused-ring (bicyclic) bond motifs is 1. The fraction of sp³-hybridized carbons (Fsp3) is 0.211. The quantitative estimate of drug-likeness (QED) is 0.695. The van der Waals surface area contributed by atoms with Gasteiger partial charge in [0.2, 0.25) is 5.91 Å². The number of aromatic nitrogens is 2. The summed E-state index contributed by atoms with van der Waals surface area (Å²) >= 11 is 0. The van der Waals surface area contributed by atoms with Crippen LogP contribution in [-0.4, -0.2) is 22.8 Å². The Balaban J connectivity index is 1.72. The average molecular weight is 353 g/mol. The van der Waals surface area contributed by atoms with Crippen LogP contribution >= 0.6 is 0 Å². The highest BCUT2D eigenvalue weighted by Crippen LogP contribution is 2.06. The maximum atomic E-state index is 12.4. The molecule has 0 spiro atoms. The number of benzene rings is 2. The molecule has 3 aromatic rings. The number of ether oxygens (including phenoxy) is 1. The third kappa shape index (κ3) is 3.89. The second kappa shape index (κ2) is 7.79. The number of methoxy groups -OCH3 is 1. The molecule has 0 aliphatic heterocycles. The predicted molar refractivity (Wildman–Crippen MR) is 97.8 cm³/mol. The largest absolute Gasteiger partial charge is 0.380 e. The Labute approximate surface area is 149 Å². The molecule has 2 N–H and O–H groups in total. The predicted octanol–water partition coefficient (Wildman–Crippen LogP) is 1.15. The van der Waals surface area contributed by atoms with Crippen molar-refractivity contribution in [1.29, 1.82) is 0 Å². The molecule has 0 aliphatic carbocycles. The van der Waals surface area contributed by atoms with Crippen LogP contribution in [0.15, 0.2) is 58.1 Å². The van der Waals surface area contributed by atoms with Gasteiger partial charge in [-0.15, -0.1) is 0 Å². The van der Waals surface area contributed by atoms with E-state index in [0.29, 0.717) is 18.5 Å². The summed E-state index contributed by atoms with van der Waals surface area (Å²) in [6.45, 7) is 0.565. The lowest BCUT2D eigenvalue weighted by atomic mass is 10.1. The van der Waals surface area contributed by atoms with Crippen LogP contribution in [0.2, 0.25) is 0 Å². The van der Waals surface area contributed by atoms with E-state index in [1.54, 1.807) is 31.4 Å². The van der Waals surface area contributed by atoms with E-state index in [2.05, 4.69) is 10.4 Å². The van der Waals surface area contributed by atoms with Gasteiger partial charge in [0.15, 0.2) is 0 Å². The van der Waals surface area contributed by atoms with E-state index in [9.17, 15) is 14.4 Å². The number of aromatic amines is 1. The zero-order chi connectivity index (χ0) is 18.5. The molecule has 0 atom stereocenters. The molecule has 134 valence electrons. The molecule has 7 nitrogen and oxygen atoms in total. The number of carbonyl (C=O) groups excluding carboxylic acids is 1. The number of rotatable bonds is 6. The second-order valence-corrected chi connectivity index (χ2v) is 5.91. The fourth-order valence-electron chi connectivity index (χ4n) is 2.75. The molecule has 0 bridgehead atoms. The molecule has 3 rings (SSSR count). The first-order valence-electron chi connectivity index (χ1n) is 8.14. The summed E-state index contributed by atoms with van der Waals surface area (Å²) in [5.41, 5.74) is 1.12. The van der Waals surface area contributed by atoms with Gasteiger partial charge in [-0.25, -0.2) is 4.68 Å². The Bertz CT molecular complexity index is 1050. The third-order valence-electron chi connectivity index (χ3n) is 3.98. The van der Waals surface area contributed by atoms with Crippen molar-refractivity contribution in [1.82, 2.24) is 15.1 Å². The summed E-state index contributed by atoms with van der Waals surface area (Å²) in [6.07, 6.45) is 0. The van der Waals surface area contributed by atoms with Gasteiger partial charge in [0.05, 0.1) is 17.4 Å². The molecule has 0 saturated heterocycles. The lowest BCUT2D eigenvalue weighted by molar-refractivity contribution is -0.122. The number of hydrogen-bond acceptors (Lipinski definition) is 4. The molecular weight excluding hydrogens is 334 g/mol. The van der Waals surface area contributed by atoms with Crippen LogP contribution in [0.5, 0.6) is 0 Å². The average Bonchev–Trinajstić information content (AvgIpc) is 2.65. The van der Waals surface area contributed by atoms with E-state index in [4.69, 9.17) is 4.74 Å². The van der Waals surface area contributed by atoms with E-state index in [0.717, 1.165) is 15.8 Å². The van der Waals surface area contributed by atoms with E-state index in [1.807, 2.05) is 24.3 Å². The van der Waals surface area contributed by atoms with Crippen LogP contribution in [0.1, 0.15) is 11.1 Å². The van der Waals surface area contributed by atoms with Crippen LogP contribution in [0.3, 0.4) is 0 Å². The Kier molecular flexibility index (Phi) is 5.28. The van der Waals surface area contributed by atoms with Crippen molar-refractivity contribution in [2.75, 3.05) is 7.11 Å². The molecular formula is C19H19N3O4. The van der Waals surface area contributed by atoms with Crippen molar-refractivity contribution < 1.29 is 9.53 Å². The zero-order valence-corrected chi connectivity index (χ0v) is 14.3. The Morgan fingerprint density at radius 3 is 2.58 bits per heavy atom. The van der Waals surface area contributed by atoms with E-state index in [1.165, 1.54) is 0 Å². The third-order valence-corrected chi connectivity index (χ3v) is 3.98. The van der Waals surface area contributed by atoms with Crippen molar-refractivity contribution in [3.05, 3.63) is 80.4 Å². The smallest absolute Gasteiger partial charge is 0.273 e. The standard InChI is InChI=1S/C19H19N3O4/c1-26-12-14-6-4-5-13(9-14)10-20-17(23)11-22-19(25)16-8-3-2-7-15(16)18(24)21-22/h2-9H,10-12H2,1H3,(H,20,23)(H,21,24). The minimum Gasteiger partial charge on any atom is -0.380 e. The topological polar surface area (TPSA) is 93.2 Å².